The second-order valence-electron chi connectivity index (χ2n) is 2.37. The van der Waals surface area contributed by atoms with Gasteiger partial charge in [-0.25, -0.2) is 8.42 Å². The highest BCUT2D eigenvalue weighted by Crippen LogP contribution is 2.07. The first-order valence-electron chi connectivity index (χ1n) is 3.65. The lowest BCUT2D eigenvalue weighted by Crippen LogP contribution is -2.08. The van der Waals surface area contributed by atoms with Gasteiger partial charge in [0.15, 0.2) is 0 Å². The molecule has 1 radical (unpaired) electrons. The van der Waals surface area contributed by atoms with E-state index in [2.05, 4.69) is 6.92 Å². The molecule has 0 aromatic heterocycles. The molecule has 2 nitrogen and oxygen atoms in total. The van der Waals surface area contributed by atoms with Crippen LogP contribution in [0.5, 0.6) is 0 Å². The van der Waals surface area contributed by atoms with E-state index in [-0.39, 0.29) is 5.25 Å². The molecule has 0 saturated heterocycles. The van der Waals surface area contributed by atoms with Crippen LogP contribution in [0, 0.1) is 6.92 Å². The summed E-state index contributed by atoms with van der Waals surface area (Å²) in [5.41, 5.74) is 0. The van der Waals surface area contributed by atoms with Crippen molar-refractivity contribution < 1.29 is 8.42 Å². The Morgan fingerprint density at radius 2 is 2.00 bits per heavy atom. The minimum atomic E-state index is -2.22. The Kier molecular flexibility index (Phi) is 5.69. The highest BCUT2D eigenvalue weighted by atomic mass is 32.2. The van der Waals surface area contributed by atoms with Crippen LogP contribution < -0.4 is 0 Å². The molecule has 0 aliphatic carbocycles. The second kappa shape index (κ2) is 5.71. The quantitative estimate of drug-likeness (QED) is 0.621. The normalized spacial score (nSPS) is 11.2. The summed E-state index contributed by atoms with van der Waals surface area (Å²) in [7, 11) is -2.22. The van der Waals surface area contributed by atoms with Crippen LogP contribution in [-0.2, 0) is 10.7 Å². The van der Waals surface area contributed by atoms with Crippen molar-refractivity contribution in [1.29, 1.82) is 0 Å². The number of hydrogen-bond acceptors (Lipinski definition) is 2. The average Bonchev–Trinajstić information content (AvgIpc) is 1.87. The molecule has 0 N–H and O–H groups in total. The van der Waals surface area contributed by atoms with Crippen LogP contribution >= 0.6 is 0 Å². The summed E-state index contributed by atoms with van der Waals surface area (Å²) < 4.78 is 21.0. The maximum Gasteiger partial charge on any atom is 0.143 e. The van der Waals surface area contributed by atoms with Gasteiger partial charge >= 0.3 is 0 Å². The van der Waals surface area contributed by atoms with Crippen molar-refractivity contribution in [1.82, 2.24) is 0 Å². The largest absolute Gasteiger partial charge is 0.232 e. The third-order valence-corrected chi connectivity index (χ3v) is 2.57. The van der Waals surface area contributed by atoms with Gasteiger partial charge in [-0.15, -0.1) is 0 Å². The predicted molar refractivity (Wildman–Crippen MR) is 43.6 cm³/mol. The molecular weight excluding hydrogens is 148 g/mol. The smallest absolute Gasteiger partial charge is 0.143 e. The second-order valence-corrected chi connectivity index (χ2v) is 3.67. The molecule has 0 spiro atoms. The Morgan fingerprint density at radius 1 is 1.40 bits per heavy atom. The van der Waals surface area contributed by atoms with Gasteiger partial charge in [0.2, 0.25) is 0 Å². The fourth-order valence-electron chi connectivity index (χ4n) is 0.924. The van der Waals surface area contributed by atoms with Gasteiger partial charge in [0, 0.05) is 0 Å². The van der Waals surface area contributed by atoms with Crippen molar-refractivity contribution in [2.24, 2.45) is 0 Å². The highest BCUT2D eigenvalue weighted by molar-refractivity contribution is 7.73. The van der Waals surface area contributed by atoms with Gasteiger partial charge in [-0.1, -0.05) is 26.7 Å². The molecule has 61 valence electrons. The summed E-state index contributed by atoms with van der Waals surface area (Å²) >= 11 is 0. The van der Waals surface area contributed by atoms with Gasteiger partial charge in [-0.05, 0) is 12.8 Å². The first kappa shape index (κ1) is 9.95. The summed E-state index contributed by atoms with van der Waals surface area (Å²) in [6, 6.07) is 0. The summed E-state index contributed by atoms with van der Waals surface area (Å²) in [4.78, 5) is 0. The number of thiol groups is 1. The molecule has 0 fully saturated rings. The fraction of sp³-hybridized carbons (Fsp3) is 0.857. The Hall–Kier alpha value is -0.0500. The summed E-state index contributed by atoms with van der Waals surface area (Å²) in [6.45, 7) is 5.62. The average molecular weight is 163 g/mol. The van der Waals surface area contributed by atoms with Crippen molar-refractivity contribution in [2.45, 2.75) is 37.9 Å². The van der Waals surface area contributed by atoms with Gasteiger partial charge in [0.05, 0.1) is 5.25 Å². The molecule has 0 aliphatic rings. The van der Waals surface area contributed by atoms with E-state index in [4.69, 9.17) is 0 Å². The van der Waals surface area contributed by atoms with Gasteiger partial charge in [-0.3, -0.25) is 0 Å². The van der Waals surface area contributed by atoms with Crippen molar-refractivity contribution in [3.8, 4) is 0 Å². The zero-order valence-corrected chi connectivity index (χ0v) is 7.27. The molecule has 0 aromatic rings. The van der Waals surface area contributed by atoms with Crippen LogP contribution in [0.4, 0.5) is 0 Å². The van der Waals surface area contributed by atoms with Crippen molar-refractivity contribution in [3.63, 3.8) is 0 Å². The highest BCUT2D eigenvalue weighted by Gasteiger charge is 2.07. The topological polar surface area (TPSA) is 34.1 Å². The van der Waals surface area contributed by atoms with Gasteiger partial charge in [0.25, 0.3) is 0 Å². The molecule has 0 saturated carbocycles. The molecule has 0 heterocycles. The van der Waals surface area contributed by atoms with E-state index in [0.29, 0.717) is 12.8 Å². The third kappa shape index (κ3) is 3.88. The molecule has 1 atom stereocenters. The Morgan fingerprint density at radius 3 is 2.30 bits per heavy atom. The molecule has 1 unspecified atom stereocenters. The zero-order chi connectivity index (χ0) is 7.98. The van der Waals surface area contributed by atoms with E-state index in [1.165, 1.54) is 0 Å². The van der Waals surface area contributed by atoms with E-state index in [0.717, 1.165) is 12.8 Å². The molecule has 10 heavy (non-hydrogen) atoms. The maximum atomic E-state index is 10.5. The Balaban J connectivity index is 3.73. The predicted octanol–water partition coefficient (Wildman–Crippen LogP) is 1.38. The van der Waals surface area contributed by atoms with Crippen molar-refractivity contribution in [2.75, 3.05) is 0 Å². The maximum absolute atomic E-state index is 10.5. The fourth-order valence-corrected chi connectivity index (χ4v) is 1.79. The summed E-state index contributed by atoms with van der Waals surface area (Å²) in [6.07, 6.45) is 3.16. The van der Waals surface area contributed by atoms with Crippen LogP contribution in [0.3, 0.4) is 0 Å². The van der Waals surface area contributed by atoms with E-state index in [1.54, 1.807) is 0 Å². The first-order chi connectivity index (χ1) is 4.72. The lowest BCUT2D eigenvalue weighted by atomic mass is 10.2. The lowest BCUT2D eigenvalue weighted by molar-refractivity contribution is 0.578. The van der Waals surface area contributed by atoms with Gasteiger partial charge < -0.3 is 0 Å². The molecule has 0 amide bonds. The zero-order valence-electron chi connectivity index (χ0n) is 6.38. The van der Waals surface area contributed by atoms with E-state index >= 15 is 0 Å². The van der Waals surface area contributed by atoms with E-state index in [9.17, 15) is 8.42 Å². The minimum absolute atomic E-state index is 0.127. The van der Waals surface area contributed by atoms with Crippen molar-refractivity contribution in [3.05, 3.63) is 6.92 Å². The Labute approximate surface area is 64.6 Å². The van der Waals surface area contributed by atoms with Crippen molar-refractivity contribution >= 4 is 10.7 Å². The van der Waals surface area contributed by atoms with Gasteiger partial charge in [-0.2, -0.15) is 0 Å². The van der Waals surface area contributed by atoms with Crippen LogP contribution in [0.15, 0.2) is 0 Å². The molecule has 3 heteroatoms. The first-order valence-corrected chi connectivity index (χ1v) is 4.89. The van der Waals surface area contributed by atoms with Crippen LogP contribution in [0.2, 0.25) is 0 Å². The molecule has 0 bridgehead atoms. The standard InChI is InChI=1S/C7H15O2S/c1-3-5-7(6-4-2)10(8)9/h7,10H,1,3-6H2,2H3. The van der Waals surface area contributed by atoms with E-state index in [1.807, 2.05) is 6.92 Å². The molecular formula is C7H15O2S. The molecule has 0 aliphatic heterocycles. The van der Waals surface area contributed by atoms with Crippen LogP contribution in [0.25, 0.3) is 0 Å². The van der Waals surface area contributed by atoms with Crippen LogP contribution in [-0.4, -0.2) is 13.7 Å². The van der Waals surface area contributed by atoms with Crippen LogP contribution in [0.1, 0.15) is 32.6 Å². The minimum Gasteiger partial charge on any atom is -0.232 e. The monoisotopic (exact) mass is 163 g/mol. The third-order valence-electron chi connectivity index (χ3n) is 1.46. The number of rotatable bonds is 5. The summed E-state index contributed by atoms with van der Waals surface area (Å²) in [5.74, 6) is 0. The van der Waals surface area contributed by atoms with E-state index < -0.39 is 10.7 Å². The number of hydrogen-bond donors (Lipinski definition) is 1. The molecule has 0 rings (SSSR count). The summed E-state index contributed by atoms with van der Waals surface area (Å²) in [5, 5.41) is -0.127. The lowest BCUT2D eigenvalue weighted by Gasteiger charge is -2.05. The van der Waals surface area contributed by atoms with Gasteiger partial charge in [0.1, 0.15) is 10.7 Å². The SMILES string of the molecule is [CH2]CCC(CCC)[SH](=O)=O. The Bertz CT molecular complexity index is 127. The molecule has 0 aromatic carbocycles.